The minimum Gasteiger partial charge on any atom is -0.493 e. The molecule has 1 saturated heterocycles. The summed E-state index contributed by atoms with van der Waals surface area (Å²) in [6, 6.07) is 3.10. The fourth-order valence-corrected chi connectivity index (χ4v) is 4.07. The molecule has 26 heavy (non-hydrogen) atoms. The summed E-state index contributed by atoms with van der Waals surface area (Å²) >= 11 is 0. The Labute approximate surface area is 154 Å². The van der Waals surface area contributed by atoms with E-state index >= 15 is 0 Å². The van der Waals surface area contributed by atoms with Gasteiger partial charge in [0.05, 0.1) is 27.1 Å². The van der Waals surface area contributed by atoms with E-state index in [-0.39, 0.29) is 17.7 Å². The summed E-state index contributed by atoms with van der Waals surface area (Å²) in [5.41, 5.74) is 0.392. The third-order valence-corrected chi connectivity index (χ3v) is 6.36. The van der Waals surface area contributed by atoms with Crippen LogP contribution in [-0.2, 0) is 10.0 Å². The van der Waals surface area contributed by atoms with Crippen LogP contribution in [0.4, 0.5) is 0 Å². The van der Waals surface area contributed by atoms with Crippen molar-refractivity contribution in [2.24, 2.45) is 0 Å². The van der Waals surface area contributed by atoms with Gasteiger partial charge in [0.25, 0.3) is 5.91 Å². The van der Waals surface area contributed by atoms with Gasteiger partial charge in [-0.3, -0.25) is 4.79 Å². The third kappa shape index (κ3) is 4.39. The molecule has 1 aromatic carbocycles. The highest BCUT2D eigenvalue weighted by Crippen LogP contribution is 2.38. The predicted octanol–water partition coefficient (Wildman–Crippen LogP) is 1.26. The van der Waals surface area contributed by atoms with Crippen LogP contribution in [0.5, 0.6) is 17.2 Å². The van der Waals surface area contributed by atoms with E-state index in [4.69, 9.17) is 14.2 Å². The Morgan fingerprint density at radius 1 is 1.12 bits per heavy atom. The molecule has 0 atom stereocenters. The first-order chi connectivity index (χ1) is 12.4. The summed E-state index contributed by atoms with van der Waals surface area (Å²) < 4.78 is 41.1. The number of nitrogens with zero attached hydrogens (tertiary/aromatic N) is 1. The van der Waals surface area contributed by atoms with Crippen molar-refractivity contribution in [1.29, 1.82) is 0 Å². The van der Waals surface area contributed by atoms with Gasteiger partial charge in [0.2, 0.25) is 15.8 Å². The van der Waals surface area contributed by atoms with Gasteiger partial charge >= 0.3 is 0 Å². The van der Waals surface area contributed by atoms with Crippen molar-refractivity contribution in [2.45, 2.75) is 25.8 Å². The molecule has 8 nitrogen and oxygen atoms in total. The van der Waals surface area contributed by atoms with Crippen LogP contribution in [0.2, 0.25) is 0 Å². The van der Waals surface area contributed by atoms with Gasteiger partial charge in [-0.05, 0) is 31.9 Å². The quantitative estimate of drug-likeness (QED) is 0.758. The molecule has 1 aromatic rings. The summed E-state index contributed by atoms with van der Waals surface area (Å²) in [4.78, 5) is 12.6. The number of hydrogen-bond donors (Lipinski definition) is 1. The van der Waals surface area contributed by atoms with Crippen molar-refractivity contribution in [2.75, 3.05) is 40.2 Å². The van der Waals surface area contributed by atoms with Gasteiger partial charge in [-0.25, -0.2) is 12.7 Å². The maximum absolute atomic E-state index is 12.6. The molecule has 1 heterocycles. The molecular formula is C17H26N2O6S. The number of methoxy groups -OCH3 is 3. The molecule has 1 N–H and O–H groups in total. The van der Waals surface area contributed by atoms with Gasteiger partial charge in [0.15, 0.2) is 11.5 Å². The Bertz CT molecular complexity index is 717. The van der Waals surface area contributed by atoms with Crippen LogP contribution in [0.25, 0.3) is 0 Å². The summed E-state index contributed by atoms with van der Waals surface area (Å²) in [5, 5.41) is 2.95. The Kier molecular flexibility index (Phi) is 6.71. The summed E-state index contributed by atoms with van der Waals surface area (Å²) in [6.07, 6.45) is 1.16. The number of amides is 1. The minimum atomic E-state index is -3.18. The number of carbonyl (C=O) groups excluding carboxylic acids is 1. The van der Waals surface area contributed by atoms with Crippen LogP contribution in [0.15, 0.2) is 12.1 Å². The Morgan fingerprint density at radius 2 is 1.65 bits per heavy atom. The molecule has 0 aromatic heterocycles. The number of sulfonamides is 1. The maximum Gasteiger partial charge on any atom is 0.251 e. The van der Waals surface area contributed by atoms with E-state index in [0.29, 0.717) is 48.7 Å². The fraction of sp³-hybridized carbons (Fsp3) is 0.588. The minimum absolute atomic E-state index is 0.0788. The molecule has 0 spiro atoms. The number of carbonyl (C=O) groups is 1. The lowest BCUT2D eigenvalue weighted by atomic mass is 10.1. The second kappa shape index (κ2) is 8.59. The van der Waals surface area contributed by atoms with Crippen molar-refractivity contribution in [1.82, 2.24) is 9.62 Å². The second-order valence-corrected chi connectivity index (χ2v) is 8.22. The second-order valence-electron chi connectivity index (χ2n) is 5.96. The van der Waals surface area contributed by atoms with E-state index in [1.165, 1.54) is 25.6 Å². The average molecular weight is 386 g/mol. The summed E-state index contributed by atoms with van der Waals surface area (Å²) in [7, 11) is 1.30. The van der Waals surface area contributed by atoms with Crippen LogP contribution in [-0.4, -0.2) is 64.8 Å². The van der Waals surface area contributed by atoms with Crippen molar-refractivity contribution >= 4 is 15.9 Å². The van der Waals surface area contributed by atoms with E-state index in [2.05, 4.69) is 5.32 Å². The van der Waals surface area contributed by atoms with Gasteiger partial charge in [0, 0.05) is 24.7 Å². The van der Waals surface area contributed by atoms with Crippen LogP contribution in [0.3, 0.4) is 0 Å². The molecule has 0 bridgehead atoms. The molecule has 1 amide bonds. The molecule has 9 heteroatoms. The number of benzene rings is 1. The average Bonchev–Trinajstić information content (AvgIpc) is 2.66. The Morgan fingerprint density at radius 3 is 2.08 bits per heavy atom. The smallest absolute Gasteiger partial charge is 0.251 e. The van der Waals surface area contributed by atoms with Gasteiger partial charge in [-0.1, -0.05) is 0 Å². The standard InChI is InChI=1S/C17H26N2O6S/c1-5-26(21,22)19-8-6-13(7-9-19)18-17(20)12-10-14(23-2)16(25-4)15(11-12)24-3/h10-11,13H,5-9H2,1-4H3,(H,18,20). The first kappa shape index (κ1) is 20.3. The van der Waals surface area contributed by atoms with Crippen molar-refractivity contribution in [3.05, 3.63) is 17.7 Å². The first-order valence-electron chi connectivity index (χ1n) is 8.45. The predicted molar refractivity (Wildman–Crippen MR) is 97.6 cm³/mol. The summed E-state index contributed by atoms with van der Waals surface area (Å²) in [6.45, 7) is 2.46. The van der Waals surface area contributed by atoms with Crippen molar-refractivity contribution in [3.8, 4) is 17.2 Å². The fourth-order valence-electron chi connectivity index (χ4n) is 2.94. The van der Waals surface area contributed by atoms with Gasteiger partial charge in [0.1, 0.15) is 0 Å². The topological polar surface area (TPSA) is 94.2 Å². The highest BCUT2D eigenvalue weighted by atomic mass is 32.2. The summed E-state index contributed by atoms with van der Waals surface area (Å²) in [5.74, 6) is 1.06. The zero-order valence-corrected chi connectivity index (χ0v) is 16.4. The van der Waals surface area contributed by atoms with E-state index < -0.39 is 10.0 Å². The van der Waals surface area contributed by atoms with Gasteiger partial charge < -0.3 is 19.5 Å². The molecule has 1 fully saturated rings. The third-order valence-electron chi connectivity index (χ3n) is 4.47. The Balaban J connectivity index is 2.07. The van der Waals surface area contributed by atoms with Crippen LogP contribution >= 0.6 is 0 Å². The lowest BCUT2D eigenvalue weighted by Crippen LogP contribution is -2.46. The molecule has 1 aliphatic rings. The molecule has 0 saturated carbocycles. The molecule has 0 radical (unpaired) electrons. The number of ether oxygens (including phenoxy) is 3. The molecule has 1 aliphatic heterocycles. The lowest BCUT2D eigenvalue weighted by Gasteiger charge is -2.31. The molecule has 0 unspecified atom stereocenters. The monoisotopic (exact) mass is 386 g/mol. The van der Waals surface area contributed by atoms with Crippen LogP contribution < -0.4 is 19.5 Å². The van der Waals surface area contributed by atoms with Crippen molar-refractivity contribution < 1.29 is 27.4 Å². The highest BCUT2D eigenvalue weighted by molar-refractivity contribution is 7.89. The molecule has 2 rings (SSSR count). The highest BCUT2D eigenvalue weighted by Gasteiger charge is 2.28. The van der Waals surface area contributed by atoms with E-state index in [1.54, 1.807) is 19.1 Å². The number of hydrogen-bond acceptors (Lipinski definition) is 6. The van der Waals surface area contributed by atoms with Crippen LogP contribution in [0.1, 0.15) is 30.1 Å². The molecule has 146 valence electrons. The van der Waals surface area contributed by atoms with E-state index in [0.717, 1.165) is 0 Å². The number of piperidine rings is 1. The molecular weight excluding hydrogens is 360 g/mol. The number of rotatable bonds is 7. The van der Waals surface area contributed by atoms with Gasteiger partial charge in [-0.15, -0.1) is 0 Å². The first-order valence-corrected chi connectivity index (χ1v) is 10.1. The van der Waals surface area contributed by atoms with E-state index in [1.807, 2.05) is 0 Å². The van der Waals surface area contributed by atoms with Crippen LogP contribution in [0, 0.1) is 0 Å². The SMILES string of the molecule is CCS(=O)(=O)N1CCC(NC(=O)c2cc(OC)c(OC)c(OC)c2)CC1. The normalized spacial score (nSPS) is 16.2. The Hall–Kier alpha value is -2.00. The number of nitrogens with one attached hydrogen (secondary N) is 1. The van der Waals surface area contributed by atoms with Crippen molar-refractivity contribution in [3.63, 3.8) is 0 Å². The van der Waals surface area contributed by atoms with E-state index in [9.17, 15) is 13.2 Å². The largest absolute Gasteiger partial charge is 0.493 e. The zero-order valence-electron chi connectivity index (χ0n) is 15.6. The van der Waals surface area contributed by atoms with Gasteiger partial charge in [-0.2, -0.15) is 0 Å². The molecule has 0 aliphatic carbocycles. The lowest BCUT2D eigenvalue weighted by molar-refractivity contribution is 0.0923. The maximum atomic E-state index is 12.6. The zero-order chi connectivity index (χ0) is 19.3.